The van der Waals surface area contributed by atoms with Gasteiger partial charge >= 0.3 is 0 Å². The number of carbonyl (C=O) groups is 1. The number of aromatic nitrogens is 1. The number of likely N-dealkylation sites (tertiary alicyclic amines) is 1. The number of para-hydroxylation sites is 1. The van der Waals surface area contributed by atoms with Crippen molar-refractivity contribution in [3.05, 3.63) is 29.8 Å². The first-order chi connectivity index (χ1) is 11.7. The molecule has 0 saturated carbocycles. The first-order valence-electron chi connectivity index (χ1n) is 8.95. The third-order valence-corrected chi connectivity index (χ3v) is 5.30. The van der Waals surface area contributed by atoms with Crippen molar-refractivity contribution >= 4 is 16.8 Å². The smallest absolute Gasteiger partial charge is 0.257 e. The Hall–Kier alpha value is -2.01. The summed E-state index contributed by atoms with van der Waals surface area (Å²) >= 11 is 0. The minimum Gasteiger partial charge on any atom is -0.478 e. The summed E-state index contributed by atoms with van der Waals surface area (Å²) in [5.74, 6) is 1.32. The highest BCUT2D eigenvalue weighted by Gasteiger charge is 2.26. The lowest BCUT2D eigenvalue weighted by Crippen LogP contribution is -2.37. The van der Waals surface area contributed by atoms with E-state index in [0.717, 1.165) is 62.2 Å². The number of amides is 1. The van der Waals surface area contributed by atoms with Crippen LogP contribution in [-0.4, -0.2) is 48.7 Å². The van der Waals surface area contributed by atoms with E-state index in [1.54, 1.807) is 0 Å². The number of hydrogen-bond donors (Lipinski definition) is 1. The second-order valence-electron chi connectivity index (χ2n) is 7.01. The lowest BCUT2D eigenvalue weighted by molar-refractivity contribution is 0.0934. The summed E-state index contributed by atoms with van der Waals surface area (Å²) in [5, 5.41) is 4.16. The van der Waals surface area contributed by atoms with Gasteiger partial charge in [-0.1, -0.05) is 18.2 Å². The SMILES string of the molecule is CN1CCC(CNC(=O)c2c3n(c4ccccc24)CCCO3)CC1. The lowest BCUT2D eigenvalue weighted by Gasteiger charge is -2.29. The fraction of sp³-hybridized carbons (Fsp3) is 0.526. The number of aryl methyl sites for hydroxylation is 1. The highest BCUT2D eigenvalue weighted by atomic mass is 16.5. The van der Waals surface area contributed by atoms with Crippen molar-refractivity contribution in [2.75, 3.05) is 33.3 Å². The standard InChI is InChI=1S/C19H25N3O2/c1-21-10-7-14(8-11-21)13-20-18(23)17-15-5-2-3-6-16(15)22-9-4-12-24-19(17)22/h2-3,5-6,14H,4,7-13H2,1H3,(H,20,23). The van der Waals surface area contributed by atoms with Gasteiger partial charge in [0.25, 0.3) is 5.91 Å². The van der Waals surface area contributed by atoms with Gasteiger partial charge < -0.3 is 19.5 Å². The summed E-state index contributed by atoms with van der Waals surface area (Å²) in [6, 6.07) is 8.10. The van der Waals surface area contributed by atoms with Crippen LogP contribution in [0, 0.1) is 5.92 Å². The zero-order valence-electron chi connectivity index (χ0n) is 14.3. The summed E-state index contributed by atoms with van der Waals surface area (Å²) < 4.78 is 8.00. The molecule has 2 aliphatic heterocycles. The fourth-order valence-electron chi connectivity index (χ4n) is 3.85. The Labute approximate surface area is 142 Å². The maximum atomic E-state index is 12.9. The molecular weight excluding hydrogens is 302 g/mol. The van der Waals surface area contributed by atoms with E-state index in [1.807, 2.05) is 18.2 Å². The number of nitrogens with one attached hydrogen (secondary N) is 1. The number of fused-ring (bicyclic) bond motifs is 3. The molecule has 1 aromatic heterocycles. The Morgan fingerprint density at radius 3 is 2.88 bits per heavy atom. The normalized spacial score (nSPS) is 19.0. The molecule has 0 aliphatic carbocycles. The second kappa shape index (κ2) is 6.48. The molecule has 0 bridgehead atoms. The number of carbonyl (C=O) groups excluding carboxylic acids is 1. The first kappa shape index (κ1) is 15.5. The minimum atomic E-state index is 0.000720. The van der Waals surface area contributed by atoms with Gasteiger partial charge in [0, 0.05) is 18.5 Å². The first-order valence-corrected chi connectivity index (χ1v) is 8.95. The van der Waals surface area contributed by atoms with Crippen molar-refractivity contribution in [3.63, 3.8) is 0 Å². The van der Waals surface area contributed by atoms with Crippen LogP contribution < -0.4 is 10.1 Å². The number of nitrogens with zero attached hydrogens (tertiary/aromatic N) is 2. The van der Waals surface area contributed by atoms with E-state index in [0.29, 0.717) is 18.1 Å². The van der Waals surface area contributed by atoms with Gasteiger partial charge in [0.05, 0.1) is 12.1 Å². The van der Waals surface area contributed by atoms with Gasteiger partial charge in [0.15, 0.2) is 0 Å². The van der Waals surface area contributed by atoms with E-state index < -0.39 is 0 Å². The molecule has 5 nitrogen and oxygen atoms in total. The lowest BCUT2D eigenvalue weighted by atomic mass is 9.97. The molecule has 1 amide bonds. The Balaban J connectivity index is 1.56. The Bertz CT molecular complexity index is 744. The summed E-state index contributed by atoms with van der Waals surface area (Å²) in [6.07, 6.45) is 3.30. The Kier molecular flexibility index (Phi) is 4.19. The van der Waals surface area contributed by atoms with Crippen LogP contribution >= 0.6 is 0 Å². The number of hydrogen-bond acceptors (Lipinski definition) is 3. The van der Waals surface area contributed by atoms with Crippen molar-refractivity contribution in [2.24, 2.45) is 5.92 Å². The van der Waals surface area contributed by atoms with Crippen molar-refractivity contribution in [1.82, 2.24) is 14.8 Å². The second-order valence-corrected chi connectivity index (χ2v) is 7.01. The number of benzene rings is 1. The van der Waals surface area contributed by atoms with E-state index in [2.05, 4.69) is 27.9 Å². The predicted molar refractivity (Wildman–Crippen MR) is 94.6 cm³/mol. The highest BCUT2D eigenvalue weighted by molar-refractivity contribution is 6.09. The van der Waals surface area contributed by atoms with Crippen LogP contribution in [0.25, 0.3) is 10.9 Å². The van der Waals surface area contributed by atoms with E-state index in [-0.39, 0.29) is 5.91 Å². The summed E-state index contributed by atoms with van der Waals surface area (Å²) in [5.41, 5.74) is 1.80. The van der Waals surface area contributed by atoms with Gasteiger partial charge in [0.2, 0.25) is 5.88 Å². The van der Waals surface area contributed by atoms with E-state index in [1.165, 1.54) is 0 Å². The molecule has 1 saturated heterocycles. The maximum absolute atomic E-state index is 12.9. The van der Waals surface area contributed by atoms with Crippen molar-refractivity contribution in [2.45, 2.75) is 25.8 Å². The summed E-state index contributed by atoms with van der Waals surface area (Å²) in [4.78, 5) is 15.2. The van der Waals surface area contributed by atoms with Gasteiger partial charge in [-0.2, -0.15) is 0 Å². The quantitative estimate of drug-likeness (QED) is 0.942. The van der Waals surface area contributed by atoms with E-state index >= 15 is 0 Å². The zero-order valence-corrected chi connectivity index (χ0v) is 14.3. The molecule has 2 aliphatic rings. The van der Waals surface area contributed by atoms with Crippen LogP contribution in [0.2, 0.25) is 0 Å². The number of ether oxygens (including phenoxy) is 1. The molecule has 24 heavy (non-hydrogen) atoms. The van der Waals surface area contributed by atoms with Gasteiger partial charge in [-0.25, -0.2) is 0 Å². The van der Waals surface area contributed by atoms with Crippen LogP contribution in [0.4, 0.5) is 0 Å². The molecular formula is C19H25N3O2. The monoisotopic (exact) mass is 327 g/mol. The van der Waals surface area contributed by atoms with Crippen molar-refractivity contribution in [1.29, 1.82) is 0 Å². The minimum absolute atomic E-state index is 0.000720. The molecule has 0 spiro atoms. The third kappa shape index (κ3) is 2.77. The Morgan fingerprint density at radius 1 is 1.25 bits per heavy atom. The molecule has 3 heterocycles. The molecule has 128 valence electrons. The van der Waals surface area contributed by atoms with Gasteiger partial charge in [-0.05, 0) is 51.4 Å². The van der Waals surface area contributed by atoms with Crippen LogP contribution in [0.3, 0.4) is 0 Å². The molecule has 1 aromatic carbocycles. The fourth-order valence-corrected chi connectivity index (χ4v) is 3.85. The van der Waals surface area contributed by atoms with Crippen LogP contribution in [0.15, 0.2) is 24.3 Å². The largest absolute Gasteiger partial charge is 0.478 e. The van der Waals surface area contributed by atoms with Gasteiger partial charge in [-0.15, -0.1) is 0 Å². The van der Waals surface area contributed by atoms with Crippen LogP contribution in [0.1, 0.15) is 29.6 Å². The average molecular weight is 327 g/mol. The zero-order chi connectivity index (χ0) is 16.5. The topological polar surface area (TPSA) is 46.5 Å². The molecule has 1 fully saturated rings. The van der Waals surface area contributed by atoms with E-state index in [4.69, 9.17) is 4.74 Å². The molecule has 0 atom stereocenters. The molecule has 4 rings (SSSR count). The third-order valence-electron chi connectivity index (χ3n) is 5.30. The predicted octanol–water partition coefficient (Wildman–Crippen LogP) is 2.50. The van der Waals surface area contributed by atoms with Crippen LogP contribution in [-0.2, 0) is 6.54 Å². The van der Waals surface area contributed by atoms with Crippen molar-refractivity contribution in [3.8, 4) is 5.88 Å². The van der Waals surface area contributed by atoms with Crippen LogP contribution in [0.5, 0.6) is 5.88 Å². The van der Waals surface area contributed by atoms with Gasteiger partial charge in [-0.3, -0.25) is 4.79 Å². The van der Waals surface area contributed by atoms with Gasteiger partial charge in [0.1, 0.15) is 5.56 Å². The summed E-state index contributed by atoms with van der Waals surface area (Å²) in [6.45, 7) is 4.59. The van der Waals surface area contributed by atoms with E-state index in [9.17, 15) is 4.79 Å². The molecule has 1 N–H and O–H groups in total. The summed E-state index contributed by atoms with van der Waals surface area (Å²) in [7, 11) is 2.16. The molecule has 5 heteroatoms. The number of piperidine rings is 1. The maximum Gasteiger partial charge on any atom is 0.257 e. The molecule has 0 unspecified atom stereocenters. The Morgan fingerprint density at radius 2 is 2.04 bits per heavy atom. The number of rotatable bonds is 3. The molecule has 0 radical (unpaired) electrons. The average Bonchev–Trinajstić information content (AvgIpc) is 2.96. The molecule has 2 aromatic rings. The highest BCUT2D eigenvalue weighted by Crippen LogP contribution is 2.34. The van der Waals surface area contributed by atoms with Crippen molar-refractivity contribution < 1.29 is 9.53 Å².